The molecule has 144 valence electrons. The normalized spacial score (nSPS) is 33.9. The molecule has 0 bridgehead atoms. The number of amides is 1. The molecule has 2 heterocycles. The number of hydrogen-bond acceptors (Lipinski definition) is 4. The van der Waals surface area contributed by atoms with E-state index in [1.807, 2.05) is 30.3 Å². The number of benzene rings is 1. The van der Waals surface area contributed by atoms with Crippen molar-refractivity contribution < 1.29 is 23.0 Å². The van der Waals surface area contributed by atoms with Gasteiger partial charge in [0.05, 0.1) is 12.1 Å². The van der Waals surface area contributed by atoms with Crippen LogP contribution < -0.4 is 5.32 Å². The highest BCUT2D eigenvalue weighted by molar-refractivity contribution is 5.82. The monoisotopic (exact) mass is 368 g/mol. The van der Waals surface area contributed by atoms with Gasteiger partial charge >= 0.3 is 0 Å². The second-order valence-corrected chi connectivity index (χ2v) is 7.47. The molecular weight excluding hydrogens is 342 g/mol. The molecule has 2 aliphatic rings. The number of carbonyl (C=O) groups excluding carboxylic acids is 1. The molecule has 2 aliphatic heterocycles. The van der Waals surface area contributed by atoms with Crippen molar-refractivity contribution in [3.8, 4) is 0 Å². The van der Waals surface area contributed by atoms with Crippen LogP contribution in [0.5, 0.6) is 0 Å². The molecular formula is C19H26F2N2O3. The molecule has 3 rings (SSSR count). The van der Waals surface area contributed by atoms with Crippen molar-refractivity contribution >= 4 is 5.91 Å². The zero-order valence-corrected chi connectivity index (χ0v) is 15.5. The van der Waals surface area contributed by atoms with E-state index in [-0.39, 0.29) is 12.5 Å². The summed E-state index contributed by atoms with van der Waals surface area (Å²) in [4.78, 5) is 14.2. The summed E-state index contributed by atoms with van der Waals surface area (Å²) in [6.07, 6.45) is -3.76. The first-order chi connectivity index (χ1) is 12.2. The maximum absolute atomic E-state index is 14.0. The zero-order valence-electron chi connectivity index (χ0n) is 15.5. The Bertz CT molecular complexity index is 641. The van der Waals surface area contributed by atoms with Gasteiger partial charge in [0.15, 0.2) is 5.79 Å². The number of fused-ring (bicyclic) bond motifs is 1. The van der Waals surface area contributed by atoms with Gasteiger partial charge < -0.3 is 14.8 Å². The van der Waals surface area contributed by atoms with Crippen molar-refractivity contribution in [1.82, 2.24) is 10.2 Å². The van der Waals surface area contributed by atoms with Crippen LogP contribution in [-0.4, -0.2) is 54.4 Å². The number of likely N-dealkylation sites (N-methyl/N-ethyl adjacent to an activating group) is 1. The fraction of sp³-hybridized carbons (Fsp3) is 0.632. The Balaban J connectivity index is 2.02. The highest BCUT2D eigenvalue weighted by Crippen LogP contribution is 2.43. The van der Waals surface area contributed by atoms with E-state index >= 15 is 0 Å². The molecule has 0 unspecified atom stereocenters. The molecule has 7 heteroatoms. The van der Waals surface area contributed by atoms with Gasteiger partial charge in [0, 0.05) is 19.5 Å². The summed E-state index contributed by atoms with van der Waals surface area (Å²) in [5.74, 6) is -1.73. The van der Waals surface area contributed by atoms with Crippen molar-refractivity contribution in [3.63, 3.8) is 0 Å². The fourth-order valence-electron chi connectivity index (χ4n) is 4.16. The molecule has 5 atom stereocenters. The Hall–Kier alpha value is -1.57. The molecule has 1 aromatic carbocycles. The van der Waals surface area contributed by atoms with Crippen LogP contribution in [0.25, 0.3) is 0 Å². The van der Waals surface area contributed by atoms with Gasteiger partial charge in [-0.15, -0.1) is 0 Å². The van der Waals surface area contributed by atoms with E-state index in [1.165, 1.54) is 7.05 Å². The van der Waals surface area contributed by atoms with Crippen LogP contribution in [0.4, 0.5) is 8.78 Å². The van der Waals surface area contributed by atoms with E-state index in [1.54, 1.807) is 25.7 Å². The first-order valence-corrected chi connectivity index (χ1v) is 8.90. The Morgan fingerprint density at radius 2 is 1.85 bits per heavy atom. The minimum atomic E-state index is -2.60. The van der Waals surface area contributed by atoms with Crippen LogP contribution >= 0.6 is 0 Å². The van der Waals surface area contributed by atoms with Crippen molar-refractivity contribution in [2.75, 3.05) is 7.05 Å². The third kappa shape index (κ3) is 3.48. The first-order valence-electron chi connectivity index (χ1n) is 8.90. The van der Waals surface area contributed by atoms with E-state index in [4.69, 9.17) is 9.47 Å². The fourth-order valence-corrected chi connectivity index (χ4v) is 4.16. The van der Waals surface area contributed by atoms with Crippen LogP contribution in [-0.2, 0) is 20.8 Å². The highest BCUT2D eigenvalue weighted by atomic mass is 19.3. The molecule has 2 fully saturated rings. The van der Waals surface area contributed by atoms with Gasteiger partial charge in [0.25, 0.3) is 6.43 Å². The number of likely N-dealkylation sites (tertiary alicyclic amines) is 1. The second kappa shape index (κ2) is 7.21. The number of halogens is 2. The summed E-state index contributed by atoms with van der Waals surface area (Å²) in [6.45, 7) is 5.48. The lowest BCUT2D eigenvalue weighted by molar-refractivity contribution is -0.155. The SMILES string of the molecule is CNC(=O)[C@@H]1[C@H]2OC(C)(C)O[C@H]2[C@H](C)[C@@H](C(F)F)N1Cc1ccccc1. The minimum absolute atomic E-state index is 0.241. The quantitative estimate of drug-likeness (QED) is 0.887. The number of nitrogens with zero attached hydrogens (tertiary/aromatic N) is 1. The number of hydrogen-bond donors (Lipinski definition) is 1. The third-order valence-electron chi connectivity index (χ3n) is 5.25. The van der Waals surface area contributed by atoms with E-state index in [2.05, 4.69) is 5.32 Å². The van der Waals surface area contributed by atoms with E-state index in [0.717, 1.165) is 5.56 Å². The summed E-state index contributed by atoms with van der Waals surface area (Å²) in [5.41, 5.74) is 0.871. The second-order valence-electron chi connectivity index (χ2n) is 7.47. The van der Waals surface area contributed by atoms with Gasteiger partial charge in [-0.1, -0.05) is 37.3 Å². The number of rotatable bonds is 4. The average molecular weight is 368 g/mol. The third-order valence-corrected chi connectivity index (χ3v) is 5.25. The molecule has 5 nitrogen and oxygen atoms in total. The van der Waals surface area contributed by atoms with Crippen molar-refractivity contribution in [2.24, 2.45) is 5.92 Å². The largest absolute Gasteiger partial charge is 0.358 e. The molecule has 2 saturated heterocycles. The van der Waals surface area contributed by atoms with E-state index in [9.17, 15) is 13.6 Å². The van der Waals surface area contributed by atoms with Gasteiger partial charge in [-0.2, -0.15) is 0 Å². The number of nitrogens with one attached hydrogen (secondary N) is 1. The standard InChI is InChI=1S/C19H26F2N2O3/c1-11-13(17(20)21)23(10-12-8-6-5-7-9-12)14(18(24)22-4)16-15(11)25-19(2,3)26-16/h5-9,11,13-17H,10H2,1-4H3,(H,22,24)/t11-,13+,14+,15+,16-/m1/s1. The summed E-state index contributed by atoms with van der Waals surface area (Å²) in [6, 6.07) is 7.38. The number of piperidine rings is 1. The zero-order chi connectivity index (χ0) is 19.1. The molecule has 1 aromatic rings. The molecule has 0 aliphatic carbocycles. The highest BCUT2D eigenvalue weighted by Gasteiger charge is 2.59. The summed E-state index contributed by atoms with van der Waals surface area (Å²) in [7, 11) is 1.51. The van der Waals surface area contributed by atoms with Crippen LogP contribution in [0.15, 0.2) is 30.3 Å². The summed E-state index contributed by atoms with van der Waals surface area (Å²) in [5, 5.41) is 2.60. The lowest BCUT2D eigenvalue weighted by atomic mass is 9.81. The molecule has 0 spiro atoms. The van der Waals surface area contributed by atoms with Crippen LogP contribution in [0, 0.1) is 5.92 Å². The maximum atomic E-state index is 14.0. The molecule has 0 aromatic heterocycles. The van der Waals surface area contributed by atoms with Crippen LogP contribution in [0.3, 0.4) is 0 Å². The Morgan fingerprint density at radius 1 is 1.23 bits per heavy atom. The van der Waals surface area contributed by atoms with Crippen LogP contribution in [0.1, 0.15) is 26.3 Å². The Labute approximate surface area is 152 Å². The molecule has 0 radical (unpaired) electrons. The number of alkyl halides is 2. The predicted molar refractivity (Wildman–Crippen MR) is 92.6 cm³/mol. The lowest BCUT2D eigenvalue weighted by Gasteiger charge is -2.48. The summed E-state index contributed by atoms with van der Waals surface area (Å²) < 4.78 is 40.0. The van der Waals surface area contributed by atoms with Gasteiger partial charge in [-0.05, 0) is 19.4 Å². The predicted octanol–water partition coefficient (Wildman–Crippen LogP) is 2.41. The molecule has 1 N–H and O–H groups in total. The van der Waals surface area contributed by atoms with Crippen molar-refractivity contribution in [1.29, 1.82) is 0 Å². The molecule has 0 saturated carbocycles. The van der Waals surface area contributed by atoms with Crippen molar-refractivity contribution in [3.05, 3.63) is 35.9 Å². The van der Waals surface area contributed by atoms with Crippen molar-refractivity contribution in [2.45, 2.75) is 63.8 Å². The van der Waals surface area contributed by atoms with Crippen LogP contribution in [0.2, 0.25) is 0 Å². The lowest BCUT2D eigenvalue weighted by Crippen LogP contribution is -2.67. The van der Waals surface area contributed by atoms with E-state index in [0.29, 0.717) is 0 Å². The average Bonchev–Trinajstić information content (AvgIpc) is 2.90. The maximum Gasteiger partial charge on any atom is 0.254 e. The number of ether oxygens (including phenoxy) is 2. The Morgan fingerprint density at radius 3 is 2.42 bits per heavy atom. The van der Waals surface area contributed by atoms with Gasteiger partial charge in [-0.25, -0.2) is 8.78 Å². The smallest absolute Gasteiger partial charge is 0.254 e. The topological polar surface area (TPSA) is 50.8 Å². The molecule has 1 amide bonds. The Kier molecular flexibility index (Phi) is 5.33. The van der Waals surface area contributed by atoms with Gasteiger partial charge in [-0.3, -0.25) is 9.69 Å². The minimum Gasteiger partial charge on any atom is -0.358 e. The first kappa shape index (κ1) is 19.2. The summed E-state index contributed by atoms with van der Waals surface area (Å²) >= 11 is 0. The molecule has 26 heavy (non-hydrogen) atoms. The van der Waals surface area contributed by atoms with E-state index < -0.39 is 42.4 Å². The van der Waals surface area contributed by atoms with Gasteiger partial charge in [0.1, 0.15) is 12.1 Å². The number of carbonyl (C=O) groups is 1. The van der Waals surface area contributed by atoms with Gasteiger partial charge in [0.2, 0.25) is 5.91 Å².